The van der Waals surface area contributed by atoms with Crippen molar-refractivity contribution in [1.82, 2.24) is 0 Å². The Balaban J connectivity index is 3.29. The van der Waals surface area contributed by atoms with Crippen molar-refractivity contribution in [1.29, 1.82) is 0 Å². The van der Waals surface area contributed by atoms with E-state index in [1.807, 2.05) is 0 Å². The van der Waals surface area contributed by atoms with Crippen molar-refractivity contribution in [3.8, 4) is 0 Å². The fraction of sp³-hybridized carbons (Fsp3) is 0.500. The highest BCUT2D eigenvalue weighted by molar-refractivity contribution is 9.09. The SMILES string of the molecule is NC/C=C(/F)CBr. The van der Waals surface area contributed by atoms with Crippen molar-refractivity contribution in [2.24, 2.45) is 5.73 Å². The van der Waals surface area contributed by atoms with Crippen molar-refractivity contribution < 1.29 is 4.39 Å². The van der Waals surface area contributed by atoms with Gasteiger partial charge in [-0.15, -0.1) is 0 Å². The van der Waals surface area contributed by atoms with Crippen molar-refractivity contribution in [2.45, 2.75) is 0 Å². The van der Waals surface area contributed by atoms with Crippen molar-refractivity contribution >= 4 is 15.9 Å². The van der Waals surface area contributed by atoms with Crippen LogP contribution in [-0.4, -0.2) is 11.9 Å². The molecule has 7 heavy (non-hydrogen) atoms. The number of halogens is 2. The van der Waals surface area contributed by atoms with Crippen LogP contribution in [0.15, 0.2) is 11.9 Å². The zero-order valence-electron chi connectivity index (χ0n) is 3.82. The van der Waals surface area contributed by atoms with Crippen LogP contribution in [0.1, 0.15) is 0 Å². The Morgan fingerprint density at radius 1 is 1.86 bits per heavy atom. The third-order valence-electron chi connectivity index (χ3n) is 0.467. The molecular formula is C4H7BrFN. The first-order valence-electron chi connectivity index (χ1n) is 1.91. The van der Waals surface area contributed by atoms with E-state index in [0.717, 1.165) is 0 Å². The van der Waals surface area contributed by atoms with E-state index in [9.17, 15) is 4.39 Å². The molecule has 0 unspecified atom stereocenters. The lowest BCUT2D eigenvalue weighted by Crippen LogP contribution is -1.94. The molecular weight excluding hydrogens is 161 g/mol. The highest BCUT2D eigenvalue weighted by Gasteiger charge is 1.84. The van der Waals surface area contributed by atoms with Crippen LogP contribution in [0.25, 0.3) is 0 Å². The number of nitrogens with two attached hydrogens (primary N) is 1. The van der Waals surface area contributed by atoms with Gasteiger partial charge in [-0.05, 0) is 6.08 Å². The first-order valence-corrected chi connectivity index (χ1v) is 3.04. The van der Waals surface area contributed by atoms with Gasteiger partial charge in [0, 0.05) is 6.54 Å². The average Bonchev–Trinajstić information content (AvgIpc) is 1.68. The first-order chi connectivity index (χ1) is 3.31. The van der Waals surface area contributed by atoms with Gasteiger partial charge in [-0.1, -0.05) is 15.9 Å². The summed E-state index contributed by atoms with van der Waals surface area (Å²) in [5, 5.41) is 0.268. The molecule has 0 aromatic carbocycles. The smallest absolute Gasteiger partial charge is 0.108 e. The molecule has 0 rings (SSSR count). The molecule has 0 spiro atoms. The van der Waals surface area contributed by atoms with Gasteiger partial charge in [0.15, 0.2) is 0 Å². The number of alkyl halides is 1. The van der Waals surface area contributed by atoms with E-state index in [-0.39, 0.29) is 17.7 Å². The molecule has 0 aliphatic carbocycles. The molecule has 0 bridgehead atoms. The van der Waals surface area contributed by atoms with Crippen LogP contribution in [0.4, 0.5) is 4.39 Å². The summed E-state index contributed by atoms with van der Waals surface area (Å²) < 4.78 is 11.9. The Morgan fingerprint density at radius 3 is 2.57 bits per heavy atom. The zero-order valence-corrected chi connectivity index (χ0v) is 5.41. The summed E-state index contributed by atoms with van der Waals surface area (Å²) in [4.78, 5) is 0. The number of rotatable bonds is 2. The fourth-order valence-electron chi connectivity index (χ4n) is 0.182. The van der Waals surface area contributed by atoms with Crippen LogP contribution in [0.2, 0.25) is 0 Å². The van der Waals surface area contributed by atoms with Crippen LogP contribution in [0, 0.1) is 0 Å². The Morgan fingerprint density at radius 2 is 2.43 bits per heavy atom. The summed E-state index contributed by atoms with van der Waals surface area (Å²) in [6, 6.07) is 0. The molecule has 0 aromatic heterocycles. The van der Waals surface area contributed by atoms with E-state index >= 15 is 0 Å². The molecule has 1 nitrogen and oxygen atoms in total. The van der Waals surface area contributed by atoms with Gasteiger partial charge in [-0.3, -0.25) is 0 Å². The minimum Gasteiger partial charge on any atom is -0.327 e. The second kappa shape index (κ2) is 4.27. The summed E-state index contributed by atoms with van der Waals surface area (Å²) in [7, 11) is 0. The van der Waals surface area contributed by atoms with Crippen molar-refractivity contribution in [3.05, 3.63) is 11.9 Å². The number of hydrogen-bond donors (Lipinski definition) is 1. The molecule has 42 valence electrons. The van der Waals surface area contributed by atoms with Gasteiger partial charge in [0.05, 0.1) is 5.33 Å². The van der Waals surface area contributed by atoms with Crippen LogP contribution in [-0.2, 0) is 0 Å². The molecule has 2 N–H and O–H groups in total. The fourth-order valence-corrected chi connectivity index (χ4v) is 0.411. The molecule has 0 fully saturated rings. The minimum absolute atomic E-state index is 0.206. The van der Waals surface area contributed by atoms with Gasteiger partial charge in [-0.2, -0.15) is 0 Å². The van der Waals surface area contributed by atoms with E-state index in [1.54, 1.807) is 0 Å². The third-order valence-corrected chi connectivity index (χ3v) is 1.00. The predicted octanol–water partition coefficient (Wildman–Crippen LogP) is 1.19. The van der Waals surface area contributed by atoms with Gasteiger partial charge in [0.1, 0.15) is 5.83 Å². The largest absolute Gasteiger partial charge is 0.327 e. The van der Waals surface area contributed by atoms with E-state index < -0.39 is 0 Å². The molecule has 0 amide bonds. The lowest BCUT2D eigenvalue weighted by molar-refractivity contribution is 0.642. The molecule has 0 atom stereocenters. The maximum absolute atomic E-state index is 11.9. The van der Waals surface area contributed by atoms with Gasteiger partial charge in [-0.25, -0.2) is 4.39 Å². The normalized spacial score (nSPS) is 12.1. The Hall–Kier alpha value is 0.110. The monoisotopic (exact) mass is 167 g/mol. The topological polar surface area (TPSA) is 26.0 Å². The molecule has 0 aliphatic heterocycles. The van der Waals surface area contributed by atoms with Gasteiger partial charge < -0.3 is 5.73 Å². The average molecular weight is 168 g/mol. The van der Waals surface area contributed by atoms with Gasteiger partial charge in [0.2, 0.25) is 0 Å². The summed E-state index contributed by atoms with van der Waals surface area (Å²) in [6.07, 6.45) is 1.33. The van der Waals surface area contributed by atoms with E-state index in [4.69, 9.17) is 5.73 Å². The second-order valence-corrected chi connectivity index (χ2v) is 1.58. The summed E-state index contributed by atoms with van der Waals surface area (Å²) in [5.41, 5.74) is 4.97. The van der Waals surface area contributed by atoms with Crippen LogP contribution in [0.5, 0.6) is 0 Å². The van der Waals surface area contributed by atoms with Crippen molar-refractivity contribution in [2.75, 3.05) is 11.9 Å². The quantitative estimate of drug-likeness (QED) is 0.615. The minimum atomic E-state index is -0.206. The van der Waals surface area contributed by atoms with Crippen LogP contribution < -0.4 is 5.73 Å². The standard InChI is InChI=1S/C4H7BrFN/c5-3-4(6)1-2-7/h1H,2-3,7H2/b4-1+. The molecule has 0 aromatic rings. The maximum atomic E-state index is 11.9. The molecule has 0 heterocycles. The Bertz CT molecular complexity index is 72.1. The summed E-state index contributed by atoms with van der Waals surface area (Å²) >= 11 is 2.92. The van der Waals surface area contributed by atoms with Gasteiger partial charge >= 0.3 is 0 Å². The van der Waals surface area contributed by atoms with Gasteiger partial charge in [0.25, 0.3) is 0 Å². The molecule has 0 saturated carbocycles. The Labute approximate surface area is 50.5 Å². The van der Waals surface area contributed by atoms with E-state index in [1.165, 1.54) is 6.08 Å². The summed E-state index contributed by atoms with van der Waals surface area (Å²) in [5.74, 6) is -0.206. The number of hydrogen-bond acceptors (Lipinski definition) is 1. The van der Waals surface area contributed by atoms with E-state index in [0.29, 0.717) is 0 Å². The molecule has 0 aliphatic rings. The third kappa shape index (κ3) is 3.95. The van der Waals surface area contributed by atoms with Crippen LogP contribution >= 0.6 is 15.9 Å². The first kappa shape index (κ1) is 7.11. The molecule has 3 heteroatoms. The lowest BCUT2D eigenvalue weighted by Gasteiger charge is -1.82. The van der Waals surface area contributed by atoms with Crippen molar-refractivity contribution in [3.63, 3.8) is 0 Å². The lowest BCUT2D eigenvalue weighted by atomic mass is 10.5. The predicted molar refractivity (Wildman–Crippen MR) is 32.0 cm³/mol. The highest BCUT2D eigenvalue weighted by atomic mass is 79.9. The van der Waals surface area contributed by atoms with E-state index in [2.05, 4.69) is 15.9 Å². The molecule has 0 saturated heterocycles. The highest BCUT2D eigenvalue weighted by Crippen LogP contribution is 1.97. The zero-order chi connectivity index (χ0) is 5.70. The summed E-state index contributed by atoms with van der Waals surface area (Å²) in [6.45, 7) is 0.275. The number of allylic oxidation sites excluding steroid dienone is 1. The second-order valence-electron chi connectivity index (χ2n) is 1.02. The molecule has 0 radical (unpaired) electrons. The Kier molecular flexibility index (Phi) is 4.34. The maximum Gasteiger partial charge on any atom is 0.108 e. The van der Waals surface area contributed by atoms with Crippen LogP contribution in [0.3, 0.4) is 0 Å².